The van der Waals surface area contributed by atoms with Gasteiger partial charge in [-0.1, -0.05) is 12.2 Å². The lowest BCUT2D eigenvalue weighted by atomic mass is 10.2. The summed E-state index contributed by atoms with van der Waals surface area (Å²) >= 11 is 0. The number of fused-ring (bicyclic) bond motifs is 1. The van der Waals surface area contributed by atoms with Crippen molar-refractivity contribution in [1.82, 2.24) is 9.97 Å². The monoisotopic (exact) mass is 176 g/mol. The molecule has 0 radical (unpaired) electrons. The molecule has 13 heavy (non-hydrogen) atoms. The van der Waals surface area contributed by atoms with Gasteiger partial charge < -0.3 is 10.6 Å². The molecule has 0 amide bonds. The first-order valence-corrected chi connectivity index (χ1v) is 4.35. The van der Waals surface area contributed by atoms with Crippen LogP contribution in [0.4, 0.5) is 11.8 Å². The molecule has 4 heteroatoms. The number of nitrogens with zero attached hydrogens (tertiary/aromatic N) is 3. The van der Waals surface area contributed by atoms with E-state index in [1.54, 1.807) is 6.20 Å². The van der Waals surface area contributed by atoms with E-state index in [4.69, 9.17) is 5.73 Å². The van der Waals surface area contributed by atoms with Gasteiger partial charge in [0.05, 0.1) is 0 Å². The lowest BCUT2D eigenvalue weighted by molar-refractivity contribution is 0.869. The summed E-state index contributed by atoms with van der Waals surface area (Å²) in [5.74, 6) is 1.28. The van der Waals surface area contributed by atoms with Gasteiger partial charge in [0, 0.05) is 24.8 Å². The van der Waals surface area contributed by atoms with Crippen molar-refractivity contribution in [2.75, 3.05) is 23.7 Å². The van der Waals surface area contributed by atoms with Gasteiger partial charge in [0.1, 0.15) is 5.82 Å². The second-order valence-electron chi connectivity index (χ2n) is 2.95. The van der Waals surface area contributed by atoms with Crippen LogP contribution in [0.2, 0.25) is 0 Å². The van der Waals surface area contributed by atoms with Crippen molar-refractivity contribution in [3.63, 3.8) is 0 Å². The van der Waals surface area contributed by atoms with Crippen LogP contribution in [0.25, 0.3) is 6.08 Å². The van der Waals surface area contributed by atoms with Gasteiger partial charge in [0.25, 0.3) is 0 Å². The summed E-state index contributed by atoms with van der Waals surface area (Å²) in [5.41, 5.74) is 6.57. The molecule has 0 saturated heterocycles. The third-order valence-corrected chi connectivity index (χ3v) is 2.12. The molecule has 0 saturated carbocycles. The Hall–Kier alpha value is -1.58. The summed E-state index contributed by atoms with van der Waals surface area (Å²) in [6.07, 6.45) is 5.89. The maximum atomic E-state index is 5.53. The Kier molecular flexibility index (Phi) is 1.88. The van der Waals surface area contributed by atoms with Crippen LogP contribution in [0, 0.1) is 0 Å². The largest absolute Gasteiger partial charge is 0.368 e. The third-order valence-electron chi connectivity index (χ3n) is 2.12. The highest BCUT2D eigenvalue weighted by molar-refractivity contribution is 5.67. The van der Waals surface area contributed by atoms with Crippen LogP contribution in [0.15, 0.2) is 12.3 Å². The fourth-order valence-electron chi connectivity index (χ4n) is 1.44. The quantitative estimate of drug-likeness (QED) is 0.691. The van der Waals surface area contributed by atoms with Crippen molar-refractivity contribution in [3.8, 4) is 0 Å². The zero-order valence-corrected chi connectivity index (χ0v) is 7.57. The molecule has 2 rings (SSSR count). The first-order chi connectivity index (χ1) is 6.31. The molecule has 1 aliphatic rings. The minimum absolute atomic E-state index is 0.340. The number of hydrogen-bond acceptors (Lipinski definition) is 4. The van der Waals surface area contributed by atoms with Crippen LogP contribution in [0.3, 0.4) is 0 Å². The average Bonchev–Trinajstić information content (AvgIpc) is 2.17. The molecule has 68 valence electrons. The summed E-state index contributed by atoms with van der Waals surface area (Å²) in [6, 6.07) is 0. The van der Waals surface area contributed by atoms with Crippen molar-refractivity contribution in [2.24, 2.45) is 0 Å². The maximum absolute atomic E-state index is 5.53. The maximum Gasteiger partial charge on any atom is 0.221 e. The van der Waals surface area contributed by atoms with Crippen molar-refractivity contribution in [1.29, 1.82) is 0 Å². The van der Waals surface area contributed by atoms with E-state index in [9.17, 15) is 0 Å². The van der Waals surface area contributed by atoms with Crippen molar-refractivity contribution in [2.45, 2.75) is 6.92 Å². The molecule has 0 atom stereocenters. The molecular formula is C9H12N4. The molecule has 1 aromatic rings. The van der Waals surface area contributed by atoms with E-state index in [2.05, 4.69) is 27.9 Å². The highest BCUT2D eigenvalue weighted by Gasteiger charge is 2.13. The van der Waals surface area contributed by atoms with Crippen LogP contribution >= 0.6 is 0 Å². The molecular weight excluding hydrogens is 164 g/mol. The van der Waals surface area contributed by atoms with Gasteiger partial charge in [0.2, 0.25) is 5.95 Å². The van der Waals surface area contributed by atoms with Gasteiger partial charge in [-0.05, 0) is 6.92 Å². The topological polar surface area (TPSA) is 55.0 Å². The SMILES string of the molecule is CCN1CC=Cc2cnc(N)nc21. The highest BCUT2D eigenvalue weighted by Crippen LogP contribution is 2.22. The molecule has 0 spiro atoms. The first kappa shape index (κ1) is 8.04. The number of likely N-dealkylation sites (N-methyl/N-ethyl adjacent to an activating group) is 1. The van der Waals surface area contributed by atoms with Gasteiger partial charge in [-0.15, -0.1) is 0 Å². The standard InChI is InChI=1S/C9H12N4/c1-2-13-5-3-4-7-6-11-9(10)12-8(7)13/h3-4,6H,2,5H2,1H3,(H2,10,11,12). The van der Waals surface area contributed by atoms with Crippen LogP contribution in [0.1, 0.15) is 12.5 Å². The number of rotatable bonds is 1. The lowest BCUT2D eigenvalue weighted by Gasteiger charge is -2.24. The van der Waals surface area contributed by atoms with E-state index in [-0.39, 0.29) is 0 Å². The Bertz CT molecular complexity index is 345. The molecule has 1 aliphatic heterocycles. The average molecular weight is 176 g/mol. The number of nitrogens with two attached hydrogens (primary N) is 1. The molecule has 4 nitrogen and oxygen atoms in total. The van der Waals surface area contributed by atoms with Crippen LogP contribution in [-0.4, -0.2) is 23.1 Å². The van der Waals surface area contributed by atoms with Crippen molar-refractivity contribution >= 4 is 17.8 Å². The van der Waals surface area contributed by atoms with Crippen LogP contribution in [-0.2, 0) is 0 Å². The van der Waals surface area contributed by atoms with Crippen LogP contribution in [0.5, 0.6) is 0 Å². The zero-order valence-electron chi connectivity index (χ0n) is 7.57. The minimum atomic E-state index is 0.340. The Labute approximate surface area is 77.1 Å². The summed E-state index contributed by atoms with van der Waals surface area (Å²) in [6.45, 7) is 3.94. The zero-order chi connectivity index (χ0) is 9.26. The van der Waals surface area contributed by atoms with Crippen molar-refractivity contribution < 1.29 is 0 Å². The van der Waals surface area contributed by atoms with E-state index in [0.717, 1.165) is 24.5 Å². The van der Waals surface area contributed by atoms with E-state index < -0.39 is 0 Å². The Morgan fingerprint density at radius 2 is 2.46 bits per heavy atom. The minimum Gasteiger partial charge on any atom is -0.368 e. The molecule has 2 N–H and O–H groups in total. The van der Waals surface area contributed by atoms with Gasteiger partial charge in [0.15, 0.2) is 0 Å². The smallest absolute Gasteiger partial charge is 0.221 e. The van der Waals surface area contributed by atoms with Gasteiger partial charge >= 0.3 is 0 Å². The summed E-state index contributed by atoms with van der Waals surface area (Å²) in [5, 5.41) is 0. The molecule has 2 heterocycles. The van der Waals surface area contributed by atoms with E-state index in [1.165, 1.54) is 0 Å². The second kappa shape index (κ2) is 3.05. The predicted octanol–water partition coefficient (Wildman–Crippen LogP) is 0.912. The van der Waals surface area contributed by atoms with E-state index >= 15 is 0 Å². The summed E-state index contributed by atoms with van der Waals surface area (Å²) in [4.78, 5) is 10.3. The fourth-order valence-corrected chi connectivity index (χ4v) is 1.44. The Balaban J connectivity index is 2.48. The second-order valence-corrected chi connectivity index (χ2v) is 2.95. The van der Waals surface area contributed by atoms with Gasteiger partial charge in [-0.25, -0.2) is 4.98 Å². The molecule has 0 aromatic carbocycles. The normalized spacial score (nSPS) is 14.4. The first-order valence-electron chi connectivity index (χ1n) is 4.35. The number of hydrogen-bond donors (Lipinski definition) is 1. The summed E-state index contributed by atoms with van der Waals surface area (Å²) in [7, 11) is 0. The van der Waals surface area contributed by atoms with Crippen LogP contribution < -0.4 is 10.6 Å². The molecule has 0 bridgehead atoms. The number of nitrogen functional groups attached to an aromatic ring is 1. The van der Waals surface area contributed by atoms with Crippen molar-refractivity contribution in [3.05, 3.63) is 17.8 Å². The fraction of sp³-hybridized carbons (Fsp3) is 0.333. The van der Waals surface area contributed by atoms with E-state index in [1.807, 2.05) is 6.08 Å². The Morgan fingerprint density at radius 3 is 3.23 bits per heavy atom. The lowest BCUT2D eigenvalue weighted by Crippen LogP contribution is -2.27. The van der Waals surface area contributed by atoms with E-state index in [0.29, 0.717) is 5.95 Å². The number of anilines is 2. The summed E-state index contributed by atoms with van der Waals surface area (Å²) < 4.78 is 0. The molecule has 0 fully saturated rings. The Morgan fingerprint density at radius 1 is 1.62 bits per heavy atom. The molecule has 1 aromatic heterocycles. The number of aromatic nitrogens is 2. The van der Waals surface area contributed by atoms with Gasteiger partial charge in [-0.2, -0.15) is 4.98 Å². The predicted molar refractivity (Wildman–Crippen MR) is 53.4 cm³/mol. The molecule has 0 aliphatic carbocycles. The highest BCUT2D eigenvalue weighted by atomic mass is 15.2. The third kappa shape index (κ3) is 1.35. The molecule has 0 unspecified atom stereocenters. The van der Waals surface area contributed by atoms with Gasteiger partial charge in [-0.3, -0.25) is 0 Å².